The van der Waals surface area contributed by atoms with Crippen LogP contribution in [0.15, 0.2) is 79.0 Å². The van der Waals surface area contributed by atoms with Gasteiger partial charge in [0.2, 0.25) is 0 Å². The van der Waals surface area contributed by atoms with Gasteiger partial charge in [0.25, 0.3) is 0 Å². The lowest BCUT2D eigenvalue weighted by Crippen LogP contribution is -2.45. The first kappa shape index (κ1) is 29.3. The van der Waals surface area contributed by atoms with Crippen molar-refractivity contribution in [1.82, 2.24) is 14.5 Å². The molecule has 44 heavy (non-hydrogen) atoms. The minimum atomic E-state index is -4.42. The van der Waals surface area contributed by atoms with E-state index in [2.05, 4.69) is 14.8 Å². The molecule has 0 aliphatic carbocycles. The average molecular weight is 610 g/mol. The van der Waals surface area contributed by atoms with Crippen molar-refractivity contribution in [3.05, 3.63) is 100 Å². The van der Waals surface area contributed by atoms with Crippen LogP contribution in [0.4, 0.5) is 24.7 Å². The highest BCUT2D eigenvalue weighted by atomic mass is 19.4. The van der Waals surface area contributed by atoms with Crippen molar-refractivity contribution in [3.63, 3.8) is 0 Å². The molecule has 0 N–H and O–H groups in total. The van der Waals surface area contributed by atoms with E-state index in [0.29, 0.717) is 25.3 Å². The minimum Gasteiger partial charge on any atom is -0.490 e. The van der Waals surface area contributed by atoms with Gasteiger partial charge in [-0.1, -0.05) is 18.2 Å². The molecule has 2 aliphatic rings. The fraction of sp³-hybridized carbons (Fsp3) is 0.323. The van der Waals surface area contributed by atoms with Gasteiger partial charge in [0.1, 0.15) is 36.2 Å². The monoisotopic (exact) mass is 609 g/mol. The van der Waals surface area contributed by atoms with Crippen LogP contribution < -0.4 is 19.1 Å². The summed E-state index contributed by atoms with van der Waals surface area (Å²) in [7, 11) is 0. The molecule has 4 aromatic rings. The summed E-state index contributed by atoms with van der Waals surface area (Å²) in [5.41, 5.74) is 1.46. The van der Waals surface area contributed by atoms with Gasteiger partial charge in [-0.3, -0.25) is 9.47 Å². The molecule has 0 amide bonds. The van der Waals surface area contributed by atoms with E-state index in [0.717, 1.165) is 61.9 Å². The summed E-state index contributed by atoms with van der Waals surface area (Å²) in [6.07, 6.45) is -2.61. The number of piperazine rings is 1. The van der Waals surface area contributed by atoms with Crippen molar-refractivity contribution < 1.29 is 32.3 Å². The van der Waals surface area contributed by atoms with Crippen LogP contribution in [0.1, 0.15) is 17.5 Å². The summed E-state index contributed by atoms with van der Waals surface area (Å²) in [5.74, 6) is 1.12. The lowest BCUT2D eigenvalue weighted by molar-refractivity contribution is -0.389. The van der Waals surface area contributed by atoms with Gasteiger partial charge in [-0.15, -0.1) is 0 Å². The Kier molecular flexibility index (Phi) is 8.29. The maximum absolute atomic E-state index is 13.0. The van der Waals surface area contributed by atoms with Crippen molar-refractivity contribution in [1.29, 1.82) is 0 Å². The second-order valence-corrected chi connectivity index (χ2v) is 10.7. The normalized spacial score (nSPS) is 17.1. The fourth-order valence-corrected chi connectivity index (χ4v) is 5.24. The number of ether oxygens (including phenoxy) is 3. The zero-order chi connectivity index (χ0) is 30.7. The SMILES string of the molecule is O=[N+]([O-])c1cn2c(n1)OC(COc1ccc(N3CCN(Cc4ccc(Oc5cccc(C(F)(F)F)c5)cc4)CC3)cc1)CC2. The van der Waals surface area contributed by atoms with Crippen molar-refractivity contribution in [3.8, 4) is 23.3 Å². The number of nitrogens with zero attached hydrogens (tertiary/aromatic N) is 5. The number of aromatic nitrogens is 2. The van der Waals surface area contributed by atoms with E-state index in [1.54, 1.807) is 16.7 Å². The third-order valence-electron chi connectivity index (χ3n) is 7.61. The molecule has 1 fully saturated rings. The maximum atomic E-state index is 13.0. The Balaban J connectivity index is 0.942. The van der Waals surface area contributed by atoms with Gasteiger partial charge >= 0.3 is 18.0 Å². The molecule has 0 bridgehead atoms. The predicted molar refractivity (Wildman–Crippen MR) is 155 cm³/mol. The Bertz CT molecular complexity index is 1590. The molecule has 13 heteroatoms. The van der Waals surface area contributed by atoms with E-state index in [9.17, 15) is 23.3 Å². The molecule has 2 aliphatic heterocycles. The van der Waals surface area contributed by atoms with Gasteiger partial charge in [0.15, 0.2) is 0 Å². The van der Waals surface area contributed by atoms with E-state index < -0.39 is 16.7 Å². The molecule has 0 spiro atoms. The molecule has 1 unspecified atom stereocenters. The number of imidazole rings is 1. The summed E-state index contributed by atoms with van der Waals surface area (Å²) >= 11 is 0. The van der Waals surface area contributed by atoms with Crippen molar-refractivity contribution in [2.45, 2.75) is 31.8 Å². The highest BCUT2D eigenvalue weighted by molar-refractivity contribution is 5.49. The quantitative estimate of drug-likeness (QED) is 0.165. The van der Waals surface area contributed by atoms with Crippen molar-refractivity contribution >= 4 is 11.5 Å². The second-order valence-electron chi connectivity index (χ2n) is 10.7. The van der Waals surface area contributed by atoms with Crippen LogP contribution in [0.2, 0.25) is 0 Å². The van der Waals surface area contributed by atoms with E-state index in [-0.39, 0.29) is 23.7 Å². The zero-order valence-electron chi connectivity index (χ0n) is 23.7. The van der Waals surface area contributed by atoms with Crippen LogP contribution in [0.25, 0.3) is 0 Å². The molecular formula is C31H30F3N5O5. The van der Waals surface area contributed by atoms with E-state index in [1.165, 1.54) is 18.3 Å². The van der Waals surface area contributed by atoms with Gasteiger partial charge in [-0.25, -0.2) is 0 Å². The van der Waals surface area contributed by atoms with Crippen molar-refractivity contribution in [2.75, 3.05) is 37.7 Å². The van der Waals surface area contributed by atoms with Gasteiger partial charge in [0.05, 0.1) is 5.56 Å². The van der Waals surface area contributed by atoms with Crippen molar-refractivity contribution in [2.24, 2.45) is 0 Å². The van der Waals surface area contributed by atoms with Gasteiger partial charge < -0.3 is 29.2 Å². The molecule has 6 rings (SSSR count). The highest BCUT2D eigenvalue weighted by Gasteiger charge is 2.31. The van der Waals surface area contributed by atoms with Crippen LogP contribution in [-0.4, -0.2) is 58.3 Å². The topological polar surface area (TPSA) is 95.1 Å². The van der Waals surface area contributed by atoms with Crippen LogP contribution in [0.5, 0.6) is 23.3 Å². The first-order valence-corrected chi connectivity index (χ1v) is 14.2. The van der Waals surface area contributed by atoms with Crippen LogP contribution in [0, 0.1) is 10.1 Å². The largest absolute Gasteiger partial charge is 0.490 e. The molecule has 10 nitrogen and oxygen atoms in total. The van der Waals surface area contributed by atoms with Crippen LogP contribution in [-0.2, 0) is 19.3 Å². The number of halogens is 3. The number of rotatable bonds is 9. The number of benzene rings is 3. The Morgan fingerprint density at radius 2 is 1.66 bits per heavy atom. The summed E-state index contributed by atoms with van der Waals surface area (Å²) in [6.45, 7) is 5.16. The number of anilines is 1. The first-order valence-electron chi connectivity index (χ1n) is 14.2. The molecule has 0 radical (unpaired) electrons. The summed E-state index contributed by atoms with van der Waals surface area (Å²) in [6, 6.07) is 20.4. The number of fused-ring (bicyclic) bond motifs is 1. The molecular weight excluding hydrogens is 579 g/mol. The lowest BCUT2D eigenvalue weighted by Gasteiger charge is -2.36. The Morgan fingerprint density at radius 1 is 0.932 bits per heavy atom. The zero-order valence-corrected chi connectivity index (χ0v) is 23.7. The Hall–Kier alpha value is -4.78. The number of nitro groups is 1. The third-order valence-corrected chi connectivity index (χ3v) is 7.61. The van der Waals surface area contributed by atoms with Gasteiger partial charge in [-0.2, -0.15) is 13.2 Å². The molecule has 230 valence electrons. The fourth-order valence-electron chi connectivity index (χ4n) is 5.24. The smallest absolute Gasteiger partial charge is 0.416 e. The van der Waals surface area contributed by atoms with Crippen LogP contribution in [0.3, 0.4) is 0 Å². The Labute approximate surface area is 251 Å². The molecule has 3 aromatic carbocycles. The Morgan fingerprint density at radius 3 is 2.36 bits per heavy atom. The molecule has 1 atom stereocenters. The first-order chi connectivity index (χ1) is 21.2. The highest BCUT2D eigenvalue weighted by Crippen LogP contribution is 2.33. The number of alkyl halides is 3. The van der Waals surface area contributed by atoms with E-state index in [4.69, 9.17) is 14.2 Å². The summed E-state index contributed by atoms with van der Waals surface area (Å²) < 4.78 is 57.9. The minimum absolute atomic E-state index is 0.144. The molecule has 1 aromatic heterocycles. The van der Waals surface area contributed by atoms with Gasteiger partial charge in [0, 0.05) is 56.4 Å². The summed E-state index contributed by atoms with van der Waals surface area (Å²) in [4.78, 5) is 19.0. The van der Waals surface area contributed by atoms with Gasteiger partial charge in [-0.05, 0) is 65.1 Å². The number of aryl methyl sites for hydroxylation is 1. The molecule has 0 saturated carbocycles. The average Bonchev–Trinajstić information content (AvgIpc) is 3.46. The summed E-state index contributed by atoms with van der Waals surface area (Å²) in [5, 5.41) is 10.9. The number of hydrogen-bond donors (Lipinski definition) is 0. The third kappa shape index (κ3) is 7.05. The number of hydrogen-bond acceptors (Lipinski definition) is 8. The molecule has 1 saturated heterocycles. The molecule has 3 heterocycles. The predicted octanol–water partition coefficient (Wildman–Crippen LogP) is 6.15. The maximum Gasteiger partial charge on any atom is 0.416 e. The standard InChI is InChI=1S/C31H30F3N5O5/c32-31(33,34)23-2-1-3-27(18-23)43-26-8-4-22(5-9-26)19-36-14-16-37(17-15-36)24-6-10-25(11-7-24)42-21-28-12-13-38-20-29(39(40)41)35-30(38)44-28/h1-11,18,20,28H,12-17,19,21H2. The van der Waals surface area contributed by atoms with E-state index in [1.807, 2.05) is 36.4 Å². The lowest BCUT2D eigenvalue weighted by atomic mass is 10.1. The van der Waals surface area contributed by atoms with E-state index >= 15 is 0 Å². The van der Waals surface area contributed by atoms with Crippen LogP contribution >= 0.6 is 0 Å². The second kappa shape index (κ2) is 12.4.